The molecular formula is C19H17N5O2S. The molecule has 2 heterocycles. The van der Waals surface area contributed by atoms with Crippen LogP contribution in [-0.4, -0.2) is 32.8 Å². The minimum absolute atomic E-state index is 0.195. The number of carbonyl (C=O) groups is 1. The maximum atomic E-state index is 12.6. The molecule has 4 rings (SSSR count). The third-order valence-electron chi connectivity index (χ3n) is 4.16. The molecule has 0 saturated heterocycles. The van der Waals surface area contributed by atoms with Crippen LogP contribution in [0.4, 0.5) is 5.69 Å². The van der Waals surface area contributed by atoms with Crippen LogP contribution in [0.1, 0.15) is 21.7 Å². The SMILES string of the molecule is COc1ccc(-c2nn3c(C)nnc3s2)cc1NC(=O)c1ccc(C)cc1. The van der Waals surface area contributed by atoms with Crippen molar-refractivity contribution in [1.82, 2.24) is 19.8 Å². The van der Waals surface area contributed by atoms with Crippen LogP contribution in [0.25, 0.3) is 15.5 Å². The Morgan fingerprint density at radius 1 is 1.11 bits per heavy atom. The molecule has 7 nitrogen and oxygen atoms in total. The van der Waals surface area contributed by atoms with Gasteiger partial charge in [-0.15, -0.1) is 10.2 Å². The highest BCUT2D eigenvalue weighted by atomic mass is 32.1. The molecule has 0 bridgehead atoms. The summed E-state index contributed by atoms with van der Waals surface area (Å²) in [7, 11) is 1.57. The number of methoxy groups -OCH3 is 1. The summed E-state index contributed by atoms with van der Waals surface area (Å²) in [5, 5.41) is 16.3. The second-order valence-electron chi connectivity index (χ2n) is 6.08. The van der Waals surface area contributed by atoms with E-state index >= 15 is 0 Å². The number of nitrogens with one attached hydrogen (secondary N) is 1. The summed E-state index contributed by atoms with van der Waals surface area (Å²) < 4.78 is 7.10. The molecule has 27 heavy (non-hydrogen) atoms. The smallest absolute Gasteiger partial charge is 0.255 e. The minimum atomic E-state index is -0.195. The molecular weight excluding hydrogens is 362 g/mol. The van der Waals surface area contributed by atoms with E-state index < -0.39 is 0 Å². The zero-order valence-corrected chi connectivity index (χ0v) is 15.9. The molecule has 0 radical (unpaired) electrons. The van der Waals surface area contributed by atoms with Gasteiger partial charge in [0.15, 0.2) is 5.82 Å². The topological polar surface area (TPSA) is 81.4 Å². The molecule has 4 aromatic rings. The summed E-state index contributed by atoms with van der Waals surface area (Å²) in [6.07, 6.45) is 0. The second-order valence-corrected chi connectivity index (χ2v) is 7.04. The van der Waals surface area contributed by atoms with E-state index in [9.17, 15) is 4.79 Å². The Morgan fingerprint density at radius 2 is 1.89 bits per heavy atom. The van der Waals surface area contributed by atoms with Crippen molar-refractivity contribution in [1.29, 1.82) is 0 Å². The zero-order chi connectivity index (χ0) is 19.0. The van der Waals surface area contributed by atoms with Crippen molar-refractivity contribution in [3.8, 4) is 16.3 Å². The average Bonchev–Trinajstić information content (AvgIpc) is 3.24. The van der Waals surface area contributed by atoms with Gasteiger partial charge >= 0.3 is 0 Å². The number of fused-ring (bicyclic) bond motifs is 1. The highest BCUT2D eigenvalue weighted by molar-refractivity contribution is 7.19. The first-order valence-electron chi connectivity index (χ1n) is 8.30. The number of amides is 1. The van der Waals surface area contributed by atoms with Crippen molar-refractivity contribution in [3.05, 3.63) is 59.4 Å². The number of benzene rings is 2. The van der Waals surface area contributed by atoms with E-state index in [1.54, 1.807) is 23.8 Å². The predicted molar refractivity (Wildman–Crippen MR) is 105 cm³/mol. The van der Waals surface area contributed by atoms with E-state index in [-0.39, 0.29) is 5.91 Å². The van der Waals surface area contributed by atoms with Crippen molar-refractivity contribution in [2.45, 2.75) is 13.8 Å². The molecule has 0 spiro atoms. The quantitative estimate of drug-likeness (QED) is 0.584. The van der Waals surface area contributed by atoms with Crippen LogP contribution in [-0.2, 0) is 0 Å². The Bertz CT molecular complexity index is 1130. The summed E-state index contributed by atoms with van der Waals surface area (Å²) in [5.41, 5.74) is 3.14. The molecule has 0 aliphatic rings. The van der Waals surface area contributed by atoms with Gasteiger partial charge in [-0.2, -0.15) is 9.61 Å². The highest BCUT2D eigenvalue weighted by Gasteiger charge is 2.15. The Balaban J connectivity index is 1.68. The van der Waals surface area contributed by atoms with Crippen molar-refractivity contribution in [2.24, 2.45) is 0 Å². The number of hydrogen-bond acceptors (Lipinski definition) is 6. The first-order valence-corrected chi connectivity index (χ1v) is 9.12. The Kier molecular flexibility index (Phi) is 4.33. The van der Waals surface area contributed by atoms with Crippen molar-refractivity contribution >= 4 is 27.9 Å². The first kappa shape index (κ1) is 17.2. The normalized spacial score (nSPS) is 10.9. The van der Waals surface area contributed by atoms with Crippen molar-refractivity contribution in [2.75, 3.05) is 12.4 Å². The van der Waals surface area contributed by atoms with Gasteiger partial charge in [0, 0.05) is 11.1 Å². The van der Waals surface area contributed by atoms with Crippen molar-refractivity contribution < 1.29 is 9.53 Å². The summed E-state index contributed by atoms with van der Waals surface area (Å²) >= 11 is 1.43. The van der Waals surface area contributed by atoms with Crippen LogP contribution in [0.5, 0.6) is 5.75 Å². The standard InChI is InChI=1S/C19H17N5O2S/c1-11-4-6-13(7-5-11)17(25)20-15-10-14(8-9-16(15)26-3)18-23-24-12(2)21-22-19(24)27-18/h4-10H,1-3H3,(H,20,25). The number of hydrogen-bond donors (Lipinski definition) is 1. The largest absolute Gasteiger partial charge is 0.495 e. The molecule has 0 unspecified atom stereocenters. The van der Waals surface area contributed by atoms with Crippen LogP contribution in [0, 0.1) is 13.8 Å². The lowest BCUT2D eigenvalue weighted by Crippen LogP contribution is -2.12. The number of aromatic nitrogens is 4. The van der Waals surface area contributed by atoms with Gasteiger partial charge in [0.1, 0.15) is 10.8 Å². The number of carbonyl (C=O) groups excluding carboxylic acids is 1. The van der Waals surface area contributed by atoms with Gasteiger partial charge in [0.25, 0.3) is 5.91 Å². The Hall–Kier alpha value is -3.26. The molecule has 0 atom stereocenters. The highest BCUT2D eigenvalue weighted by Crippen LogP contribution is 2.33. The molecule has 136 valence electrons. The Labute approximate surface area is 159 Å². The van der Waals surface area contributed by atoms with Crippen LogP contribution in [0.3, 0.4) is 0 Å². The number of rotatable bonds is 4. The van der Waals surface area contributed by atoms with Gasteiger partial charge in [-0.25, -0.2) is 0 Å². The number of aryl methyl sites for hydroxylation is 2. The molecule has 0 aliphatic carbocycles. The third kappa shape index (κ3) is 3.26. The lowest BCUT2D eigenvalue weighted by Gasteiger charge is -2.11. The van der Waals surface area contributed by atoms with E-state index in [1.165, 1.54) is 11.3 Å². The second kappa shape index (κ2) is 6.81. The fourth-order valence-corrected chi connectivity index (χ4v) is 3.55. The van der Waals surface area contributed by atoms with E-state index in [0.717, 1.165) is 26.9 Å². The lowest BCUT2D eigenvalue weighted by atomic mass is 10.1. The van der Waals surface area contributed by atoms with Crippen LogP contribution in [0.2, 0.25) is 0 Å². The van der Waals surface area contributed by atoms with Gasteiger partial charge in [0.05, 0.1) is 12.8 Å². The first-order chi connectivity index (χ1) is 13.0. The monoisotopic (exact) mass is 379 g/mol. The molecule has 1 amide bonds. The van der Waals surface area contributed by atoms with Crippen LogP contribution < -0.4 is 10.1 Å². The molecule has 0 saturated carbocycles. The molecule has 8 heteroatoms. The molecule has 1 N–H and O–H groups in total. The van der Waals surface area contributed by atoms with Crippen LogP contribution in [0.15, 0.2) is 42.5 Å². The zero-order valence-electron chi connectivity index (χ0n) is 15.1. The maximum absolute atomic E-state index is 12.6. The summed E-state index contributed by atoms with van der Waals surface area (Å²) in [6.45, 7) is 3.83. The molecule has 2 aromatic carbocycles. The van der Waals surface area contributed by atoms with Crippen molar-refractivity contribution in [3.63, 3.8) is 0 Å². The number of anilines is 1. The lowest BCUT2D eigenvalue weighted by molar-refractivity contribution is 0.102. The summed E-state index contributed by atoms with van der Waals surface area (Å²) in [6, 6.07) is 13.0. The average molecular weight is 379 g/mol. The molecule has 0 fully saturated rings. The minimum Gasteiger partial charge on any atom is -0.495 e. The van der Waals surface area contributed by atoms with Gasteiger partial charge < -0.3 is 10.1 Å². The summed E-state index contributed by atoms with van der Waals surface area (Å²) in [4.78, 5) is 13.3. The fourth-order valence-electron chi connectivity index (χ4n) is 2.67. The van der Waals surface area contributed by atoms with E-state index in [4.69, 9.17) is 4.74 Å². The van der Waals surface area contributed by atoms with E-state index in [2.05, 4.69) is 20.6 Å². The third-order valence-corrected chi connectivity index (χ3v) is 5.10. The fraction of sp³-hybridized carbons (Fsp3) is 0.158. The van der Waals surface area contributed by atoms with Gasteiger partial charge in [-0.3, -0.25) is 4.79 Å². The van der Waals surface area contributed by atoms with E-state index in [0.29, 0.717) is 17.0 Å². The predicted octanol–water partition coefficient (Wildman–Crippen LogP) is 3.73. The Morgan fingerprint density at radius 3 is 2.59 bits per heavy atom. The number of nitrogens with zero attached hydrogens (tertiary/aromatic N) is 4. The molecule has 0 aliphatic heterocycles. The van der Waals surface area contributed by atoms with Gasteiger partial charge in [-0.1, -0.05) is 29.0 Å². The maximum Gasteiger partial charge on any atom is 0.255 e. The van der Waals surface area contributed by atoms with Gasteiger partial charge in [0.2, 0.25) is 4.96 Å². The van der Waals surface area contributed by atoms with Crippen LogP contribution >= 0.6 is 11.3 Å². The summed E-state index contributed by atoms with van der Waals surface area (Å²) in [5.74, 6) is 1.12. The molecule has 2 aromatic heterocycles. The number of ether oxygens (including phenoxy) is 1. The van der Waals surface area contributed by atoms with Gasteiger partial charge in [-0.05, 0) is 44.2 Å². The van der Waals surface area contributed by atoms with E-state index in [1.807, 2.05) is 44.2 Å².